The maximum atomic E-state index is 13.1. The smallest absolute Gasteiger partial charge is 0.338 e. The van der Waals surface area contributed by atoms with E-state index in [1.165, 1.54) is 24.3 Å². The molecule has 2 heterocycles. The van der Waals surface area contributed by atoms with Crippen LogP contribution in [0.15, 0.2) is 61.2 Å². The van der Waals surface area contributed by atoms with Crippen molar-refractivity contribution in [3.05, 3.63) is 78.1 Å². The average molecular weight is 543 g/mol. The number of hydrogen-bond acceptors (Lipinski definition) is 9. The van der Waals surface area contributed by atoms with Gasteiger partial charge in [0.05, 0.1) is 37.6 Å². The second-order valence-corrected chi connectivity index (χ2v) is 9.15. The van der Waals surface area contributed by atoms with Gasteiger partial charge in [0.2, 0.25) is 0 Å². The molecule has 4 atom stereocenters. The van der Waals surface area contributed by atoms with E-state index in [0.29, 0.717) is 24.5 Å². The van der Waals surface area contributed by atoms with Gasteiger partial charge in [-0.3, -0.25) is 0 Å². The summed E-state index contributed by atoms with van der Waals surface area (Å²) in [6.07, 6.45) is 2.22. The molecule has 0 bridgehead atoms. The molecular formula is C29H31FO9. The topological polar surface area (TPSA) is 107 Å². The molecule has 0 radical (unpaired) electrons. The molecule has 0 aliphatic carbocycles. The average Bonchev–Trinajstić information content (AvgIpc) is 3.53. The van der Waals surface area contributed by atoms with Crippen molar-refractivity contribution in [1.82, 2.24) is 0 Å². The van der Waals surface area contributed by atoms with Crippen LogP contribution in [-0.4, -0.2) is 68.8 Å². The maximum absolute atomic E-state index is 13.1. The number of esters is 3. The van der Waals surface area contributed by atoms with Crippen LogP contribution < -0.4 is 4.74 Å². The highest BCUT2D eigenvalue weighted by Gasteiger charge is 2.51. The lowest BCUT2D eigenvalue weighted by Crippen LogP contribution is -2.36. The quantitative estimate of drug-likeness (QED) is 0.160. The molecule has 4 rings (SSSR count). The van der Waals surface area contributed by atoms with Gasteiger partial charge in [-0.15, -0.1) is 0 Å². The molecule has 0 N–H and O–H groups in total. The molecule has 2 fully saturated rings. The zero-order valence-corrected chi connectivity index (χ0v) is 21.4. The number of ether oxygens (including phenoxy) is 6. The third-order valence-electron chi connectivity index (χ3n) is 6.37. The number of hydrogen-bond donors (Lipinski definition) is 0. The van der Waals surface area contributed by atoms with Gasteiger partial charge in [0.1, 0.15) is 23.8 Å². The Labute approximate surface area is 225 Å². The molecule has 208 valence electrons. The summed E-state index contributed by atoms with van der Waals surface area (Å²) in [5, 5.41) is 0. The number of fused-ring (bicyclic) bond motifs is 1. The number of benzene rings is 2. The van der Waals surface area contributed by atoms with Crippen molar-refractivity contribution in [2.75, 3.05) is 26.4 Å². The van der Waals surface area contributed by atoms with E-state index in [4.69, 9.17) is 28.4 Å². The molecular weight excluding hydrogens is 511 g/mol. The second-order valence-electron chi connectivity index (χ2n) is 9.15. The lowest BCUT2D eigenvalue weighted by Gasteiger charge is -2.17. The van der Waals surface area contributed by atoms with Crippen LogP contribution in [0.2, 0.25) is 0 Å². The molecule has 0 saturated carbocycles. The van der Waals surface area contributed by atoms with E-state index in [1.54, 1.807) is 24.3 Å². The minimum atomic E-state index is -0.664. The standard InChI is InChI=1S/C29H31FO9/c1-2-25(31)35-16-6-4-3-5-15-34-22-13-9-20(10-14-22)29(33)39-24-18-37-26-23(17-36-27(24)26)38-28(32)19-7-11-21(30)12-8-19/h2,7-14,23-24,26-27H,1,3-6,15-18H2/t23-,24+,26-,27-/m1/s1. The Morgan fingerprint density at radius 1 is 0.795 bits per heavy atom. The van der Waals surface area contributed by atoms with Crippen molar-refractivity contribution >= 4 is 17.9 Å². The fraction of sp³-hybridized carbons (Fsp3) is 0.414. The van der Waals surface area contributed by atoms with Gasteiger partial charge in [0, 0.05) is 6.08 Å². The molecule has 2 aromatic rings. The van der Waals surface area contributed by atoms with Gasteiger partial charge in [0.15, 0.2) is 12.2 Å². The number of carbonyl (C=O) groups is 3. The molecule has 9 nitrogen and oxygen atoms in total. The van der Waals surface area contributed by atoms with Crippen LogP contribution in [0.25, 0.3) is 0 Å². The van der Waals surface area contributed by atoms with Crippen LogP contribution in [0.5, 0.6) is 5.75 Å². The van der Waals surface area contributed by atoms with Crippen LogP contribution in [-0.2, 0) is 28.5 Å². The molecule has 0 spiro atoms. The van der Waals surface area contributed by atoms with Gasteiger partial charge in [-0.1, -0.05) is 6.58 Å². The maximum Gasteiger partial charge on any atom is 0.338 e. The Hall–Kier alpha value is -3.76. The Kier molecular flexibility index (Phi) is 10.0. The van der Waals surface area contributed by atoms with Crippen molar-refractivity contribution in [1.29, 1.82) is 0 Å². The van der Waals surface area contributed by atoms with Crippen molar-refractivity contribution in [3.8, 4) is 5.75 Å². The lowest BCUT2D eigenvalue weighted by atomic mass is 10.1. The van der Waals surface area contributed by atoms with Crippen LogP contribution >= 0.6 is 0 Å². The highest BCUT2D eigenvalue weighted by molar-refractivity contribution is 5.90. The van der Waals surface area contributed by atoms with Gasteiger partial charge in [0.25, 0.3) is 0 Å². The number of carbonyl (C=O) groups excluding carboxylic acids is 3. The highest BCUT2D eigenvalue weighted by atomic mass is 19.1. The predicted molar refractivity (Wildman–Crippen MR) is 136 cm³/mol. The minimum absolute atomic E-state index is 0.102. The molecule has 2 aromatic carbocycles. The van der Waals surface area contributed by atoms with Crippen molar-refractivity contribution in [2.24, 2.45) is 0 Å². The Balaban J connectivity index is 1.16. The summed E-state index contributed by atoms with van der Waals surface area (Å²) < 4.78 is 46.3. The van der Waals surface area contributed by atoms with E-state index in [0.717, 1.165) is 31.8 Å². The molecule has 0 aromatic heterocycles. The Morgan fingerprint density at radius 2 is 1.31 bits per heavy atom. The molecule has 10 heteroatoms. The number of halogens is 1. The Morgan fingerprint density at radius 3 is 1.85 bits per heavy atom. The first-order valence-corrected chi connectivity index (χ1v) is 12.9. The van der Waals surface area contributed by atoms with Gasteiger partial charge in [-0.25, -0.2) is 18.8 Å². The van der Waals surface area contributed by atoms with Gasteiger partial charge >= 0.3 is 17.9 Å². The summed E-state index contributed by atoms with van der Waals surface area (Å²) in [5.41, 5.74) is 0.578. The summed E-state index contributed by atoms with van der Waals surface area (Å²) in [7, 11) is 0. The van der Waals surface area contributed by atoms with E-state index >= 15 is 0 Å². The fourth-order valence-electron chi connectivity index (χ4n) is 4.29. The van der Waals surface area contributed by atoms with Gasteiger partial charge in [-0.2, -0.15) is 0 Å². The third kappa shape index (κ3) is 7.87. The summed E-state index contributed by atoms with van der Waals surface area (Å²) in [6, 6.07) is 11.7. The van der Waals surface area contributed by atoms with E-state index in [1.807, 2.05) is 0 Å². The summed E-state index contributed by atoms with van der Waals surface area (Å²) in [4.78, 5) is 36.0. The third-order valence-corrected chi connectivity index (χ3v) is 6.37. The van der Waals surface area contributed by atoms with E-state index in [9.17, 15) is 18.8 Å². The first-order chi connectivity index (χ1) is 18.9. The molecule has 0 unspecified atom stereocenters. The number of rotatable bonds is 13. The fourth-order valence-corrected chi connectivity index (χ4v) is 4.29. The van der Waals surface area contributed by atoms with Crippen LogP contribution in [0.4, 0.5) is 4.39 Å². The highest BCUT2D eigenvalue weighted by Crippen LogP contribution is 2.31. The normalized spacial score (nSPS) is 21.6. The second kappa shape index (κ2) is 13.9. The molecule has 39 heavy (non-hydrogen) atoms. The van der Waals surface area contributed by atoms with Crippen molar-refractivity contribution < 1.29 is 47.2 Å². The zero-order chi connectivity index (χ0) is 27.6. The zero-order valence-electron chi connectivity index (χ0n) is 21.4. The molecule has 2 aliphatic heterocycles. The van der Waals surface area contributed by atoms with E-state index < -0.39 is 48.1 Å². The largest absolute Gasteiger partial charge is 0.494 e. The first-order valence-electron chi connectivity index (χ1n) is 12.9. The molecule has 0 amide bonds. The predicted octanol–water partition coefficient (Wildman–Crippen LogP) is 4.04. The summed E-state index contributed by atoms with van der Waals surface area (Å²) in [6.45, 7) is 4.48. The van der Waals surface area contributed by atoms with E-state index in [2.05, 4.69) is 6.58 Å². The molecule has 2 aliphatic rings. The van der Waals surface area contributed by atoms with Crippen LogP contribution in [0.1, 0.15) is 46.4 Å². The van der Waals surface area contributed by atoms with Gasteiger partial charge < -0.3 is 28.4 Å². The monoisotopic (exact) mass is 542 g/mol. The van der Waals surface area contributed by atoms with E-state index in [-0.39, 0.29) is 18.8 Å². The Bertz CT molecular complexity index is 1130. The van der Waals surface area contributed by atoms with Crippen LogP contribution in [0, 0.1) is 5.82 Å². The van der Waals surface area contributed by atoms with Crippen LogP contribution in [0.3, 0.4) is 0 Å². The number of unbranched alkanes of at least 4 members (excludes halogenated alkanes) is 3. The van der Waals surface area contributed by atoms with Crippen molar-refractivity contribution in [3.63, 3.8) is 0 Å². The first kappa shape index (κ1) is 28.3. The SMILES string of the molecule is C=CC(=O)OCCCCCCOc1ccc(C(=O)O[C@H]2CO[C@H]3[C@@H]2OC[C@H]3OC(=O)c2ccc(F)cc2)cc1. The molecule has 2 saturated heterocycles. The van der Waals surface area contributed by atoms with Gasteiger partial charge in [-0.05, 0) is 74.2 Å². The summed E-state index contributed by atoms with van der Waals surface area (Å²) in [5.74, 6) is -1.35. The summed E-state index contributed by atoms with van der Waals surface area (Å²) >= 11 is 0. The lowest BCUT2D eigenvalue weighted by molar-refractivity contribution is -0.137. The van der Waals surface area contributed by atoms with Crippen molar-refractivity contribution in [2.45, 2.75) is 50.1 Å². The minimum Gasteiger partial charge on any atom is -0.494 e.